The number of hydrogen-bond acceptors (Lipinski definition) is 6. The summed E-state index contributed by atoms with van der Waals surface area (Å²) in [5.41, 5.74) is 8.56. The van der Waals surface area contributed by atoms with Crippen molar-refractivity contribution in [2.75, 3.05) is 25.1 Å². The summed E-state index contributed by atoms with van der Waals surface area (Å²) < 4.78 is 5.31. The summed E-state index contributed by atoms with van der Waals surface area (Å²) in [6.07, 6.45) is 3.74. The van der Waals surface area contributed by atoms with Gasteiger partial charge in [0, 0.05) is 31.1 Å². The molecule has 36 heavy (non-hydrogen) atoms. The van der Waals surface area contributed by atoms with Crippen molar-refractivity contribution < 1.29 is 14.3 Å². The molecule has 2 aromatic rings. The minimum absolute atomic E-state index is 0.0352. The first kappa shape index (κ1) is 24.9. The van der Waals surface area contributed by atoms with E-state index >= 15 is 0 Å². The van der Waals surface area contributed by atoms with E-state index in [2.05, 4.69) is 16.7 Å². The number of nitrogens with two attached hydrogens (primary N) is 1. The Hall–Kier alpha value is -4.20. The predicted octanol–water partition coefficient (Wildman–Crippen LogP) is 3.70. The van der Waals surface area contributed by atoms with E-state index < -0.39 is 5.54 Å². The lowest BCUT2D eigenvalue weighted by Gasteiger charge is -2.25. The van der Waals surface area contributed by atoms with Crippen LogP contribution in [-0.2, 0) is 19.9 Å². The molecule has 186 valence electrons. The molecule has 2 heterocycles. The number of guanidine groups is 1. The summed E-state index contributed by atoms with van der Waals surface area (Å²) in [7, 11) is 1.57. The molecule has 8 heteroatoms. The zero-order chi connectivity index (χ0) is 25.9. The van der Waals surface area contributed by atoms with E-state index in [9.17, 15) is 9.59 Å². The van der Waals surface area contributed by atoms with Gasteiger partial charge in [-0.05, 0) is 61.5 Å². The molecule has 2 aromatic carbocycles. The monoisotopic (exact) mass is 485 g/mol. The van der Waals surface area contributed by atoms with Gasteiger partial charge >= 0.3 is 0 Å². The third kappa shape index (κ3) is 4.79. The SMILES string of the molecule is C=N/C=C(\C=C(/C)c1cccc(C2(C)N=C(N)N(CC3CC(=O)N(c4ccccc4)C3)C2=O)c1)OC. The van der Waals surface area contributed by atoms with Gasteiger partial charge in [-0.3, -0.25) is 19.5 Å². The summed E-state index contributed by atoms with van der Waals surface area (Å²) in [6, 6.07) is 17.2. The lowest BCUT2D eigenvalue weighted by molar-refractivity contribution is -0.131. The van der Waals surface area contributed by atoms with Gasteiger partial charge < -0.3 is 15.4 Å². The molecule has 0 aromatic heterocycles. The number of nitrogens with zero attached hydrogens (tertiary/aromatic N) is 4. The second kappa shape index (κ2) is 10.2. The minimum Gasteiger partial charge on any atom is -0.495 e. The van der Waals surface area contributed by atoms with Crippen LogP contribution < -0.4 is 10.6 Å². The van der Waals surface area contributed by atoms with Crippen molar-refractivity contribution in [3.8, 4) is 0 Å². The molecule has 1 saturated heterocycles. The first-order chi connectivity index (χ1) is 17.3. The molecule has 1 fully saturated rings. The van der Waals surface area contributed by atoms with Crippen molar-refractivity contribution in [1.29, 1.82) is 0 Å². The maximum Gasteiger partial charge on any atom is 0.261 e. The molecule has 2 N–H and O–H groups in total. The molecule has 4 rings (SSSR count). The van der Waals surface area contributed by atoms with Gasteiger partial charge in [0.15, 0.2) is 11.5 Å². The maximum absolute atomic E-state index is 13.6. The van der Waals surface area contributed by atoms with E-state index in [0.717, 1.165) is 22.4 Å². The van der Waals surface area contributed by atoms with Gasteiger partial charge in [0.1, 0.15) is 5.76 Å². The predicted molar refractivity (Wildman–Crippen MR) is 142 cm³/mol. The number of allylic oxidation sites excluding steroid dienone is 2. The van der Waals surface area contributed by atoms with Crippen molar-refractivity contribution >= 4 is 35.8 Å². The average Bonchev–Trinajstić information content (AvgIpc) is 3.36. The van der Waals surface area contributed by atoms with E-state index in [1.54, 1.807) is 18.9 Å². The van der Waals surface area contributed by atoms with Crippen LogP contribution in [0.25, 0.3) is 5.57 Å². The largest absolute Gasteiger partial charge is 0.495 e. The highest BCUT2D eigenvalue weighted by Crippen LogP contribution is 2.35. The second-order valence-electron chi connectivity index (χ2n) is 9.19. The standard InChI is InChI=1S/C28H31N5O3/c1-19(13-24(36-4)16-30-3)21-9-8-10-22(15-21)28(2)26(35)33(27(29)31-28)18-20-14-25(34)32(17-20)23-11-6-5-7-12-23/h5-13,15-16,20H,3,14,17-18H2,1-2,4H3,(H2,29,31)/b19-13+,24-16+. The molecule has 0 radical (unpaired) electrons. The van der Waals surface area contributed by atoms with E-state index in [-0.39, 0.29) is 23.7 Å². The number of aliphatic imine (C=N–C) groups is 2. The Bertz CT molecular complexity index is 1270. The van der Waals surface area contributed by atoms with Crippen molar-refractivity contribution in [1.82, 2.24) is 4.90 Å². The average molecular weight is 486 g/mol. The Morgan fingerprint density at radius 3 is 2.69 bits per heavy atom. The minimum atomic E-state index is -1.15. The maximum atomic E-state index is 13.6. The quantitative estimate of drug-likeness (QED) is 0.350. The fourth-order valence-electron chi connectivity index (χ4n) is 4.69. The van der Waals surface area contributed by atoms with Crippen LogP contribution in [0, 0.1) is 5.92 Å². The van der Waals surface area contributed by atoms with Crippen LogP contribution in [0.2, 0.25) is 0 Å². The van der Waals surface area contributed by atoms with Crippen LogP contribution in [0.15, 0.2) is 82.6 Å². The fraction of sp³-hybridized carbons (Fsp3) is 0.286. The number of hydrogen-bond donors (Lipinski definition) is 1. The number of para-hydroxylation sites is 1. The summed E-state index contributed by atoms with van der Waals surface area (Å²) >= 11 is 0. The summed E-state index contributed by atoms with van der Waals surface area (Å²) in [5, 5.41) is 0. The highest BCUT2D eigenvalue weighted by Gasteiger charge is 2.46. The van der Waals surface area contributed by atoms with E-state index in [0.29, 0.717) is 25.3 Å². The van der Waals surface area contributed by atoms with Crippen LogP contribution in [-0.4, -0.2) is 49.6 Å². The molecule has 2 unspecified atom stereocenters. The van der Waals surface area contributed by atoms with Gasteiger partial charge in [0.2, 0.25) is 5.91 Å². The van der Waals surface area contributed by atoms with E-state index in [4.69, 9.17) is 10.5 Å². The smallest absolute Gasteiger partial charge is 0.261 e. The van der Waals surface area contributed by atoms with Gasteiger partial charge in [-0.15, -0.1) is 0 Å². The number of anilines is 1. The molecule has 0 saturated carbocycles. The highest BCUT2D eigenvalue weighted by molar-refractivity contribution is 6.07. The van der Waals surface area contributed by atoms with Gasteiger partial charge in [0.25, 0.3) is 5.91 Å². The molecule has 8 nitrogen and oxygen atoms in total. The molecule has 0 bridgehead atoms. The molecule has 2 atom stereocenters. The number of benzene rings is 2. The first-order valence-electron chi connectivity index (χ1n) is 11.8. The molecule has 0 spiro atoms. The summed E-state index contributed by atoms with van der Waals surface area (Å²) in [6.45, 7) is 8.06. The van der Waals surface area contributed by atoms with Gasteiger partial charge in [0.05, 0.1) is 13.3 Å². The van der Waals surface area contributed by atoms with Crippen LogP contribution >= 0.6 is 0 Å². The van der Waals surface area contributed by atoms with E-state index in [1.807, 2.05) is 67.6 Å². The van der Waals surface area contributed by atoms with Crippen molar-refractivity contribution in [3.05, 3.63) is 83.8 Å². The Morgan fingerprint density at radius 2 is 2.00 bits per heavy atom. The first-order valence-corrected chi connectivity index (χ1v) is 11.8. The number of rotatable bonds is 8. The number of methoxy groups -OCH3 is 1. The summed E-state index contributed by atoms with van der Waals surface area (Å²) in [4.78, 5) is 37.9. The summed E-state index contributed by atoms with van der Waals surface area (Å²) in [5.74, 6) is 0.555. The Balaban J connectivity index is 1.53. The number of carbonyl (C=O) groups excluding carboxylic acids is 2. The van der Waals surface area contributed by atoms with Gasteiger partial charge in [-0.1, -0.05) is 36.4 Å². The zero-order valence-electron chi connectivity index (χ0n) is 20.8. The van der Waals surface area contributed by atoms with Crippen LogP contribution in [0.3, 0.4) is 0 Å². The van der Waals surface area contributed by atoms with Crippen LogP contribution in [0.4, 0.5) is 5.69 Å². The normalized spacial score (nSPS) is 22.8. The third-order valence-electron chi connectivity index (χ3n) is 6.68. The number of amides is 2. The Morgan fingerprint density at radius 1 is 1.25 bits per heavy atom. The molecule has 2 aliphatic rings. The van der Waals surface area contributed by atoms with Gasteiger partial charge in [-0.2, -0.15) is 0 Å². The zero-order valence-corrected chi connectivity index (χ0v) is 20.8. The van der Waals surface area contributed by atoms with Crippen LogP contribution in [0.5, 0.6) is 0 Å². The van der Waals surface area contributed by atoms with E-state index in [1.165, 1.54) is 11.1 Å². The molecule has 2 amide bonds. The lowest BCUT2D eigenvalue weighted by atomic mass is 9.89. The molecule has 2 aliphatic heterocycles. The second-order valence-corrected chi connectivity index (χ2v) is 9.19. The molecule has 0 aliphatic carbocycles. The Labute approximate surface area is 211 Å². The van der Waals surface area contributed by atoms with Crippen LogP contribution in [0.1, 0.15) is 31.4 Å². The lowest BCUT2D eigenvalue weighted by Crippen LogP contribution is -2.44. The van der Waals surface area contributed by atoms with Crippen molar-refractivity contribution in [3.63, 3.8) is 0 Å². The number of ether oxygens (including phenoxy) is 1. The topological polar surface area (TPSA) is 101 Å². The third-order valence-corrected chi connectivity index (χ3v) is 6.68. The van der Waals surface area contributed by atoms with Gasteiger partial charge in [-0.25, -0.2) is 4.99 Å². The fourth-order valence-corrected chi connectivity index (χ4v) is 4.69. The number of carbonyl (C=O) groups is 2. The Kier molecular flexibility index (Phi) is 7.05. The van der Waals surface area contributed by atoms with Crippen molar-refractivity contribution in [2.24, 2.45) is 21.6 Å². The molecular weight excluding hydrogens is 454 g/mol. The highest BCUT2D eigenvalue weighted by atomic mass is 16.5. The molecular formula is C28H31N5O3. The van der Waals surface area contributed by atoms with Crippen molar-refractivity contribution in [2.45, 2.75) is 25.8 Å².